The lowest BCUT2D eigenvalue weighted by molar-refractivity contribution is -0.128. The maximum Gasteiger partial charge on any atom is 0.289 e. The minimum Gasteiger partial charge on any atom is -0.459 e. The van der Waals surface area contributed by atoms with Crippen LogP contribution < -0.4 is 0 Å². The third-order valence-corrected chi connectivity index (χ3v) is 5.77. The Balaban J connectivity index is 1.65. The molecule has 0 aromatic carbocycles. The first-order valence-electron chi connectivity index (χ1n) is 7.46. The molecule has 1 atom stereocenters. The Labute approximate surface area is 143 Å². The molecule has 0 spiro atoms. The summed E-state index contributed by atoms with van der Waals surface area (Å²) in [4.78, 5) is 28.1. The number of rotatable bonds is 6. The zero-order valence-electron chi connectivity index (χ0n) is 12.8. The van der Waals surface area contributed by atoms with Crippen molar-refractivity contribution >= 4 is 34.9 Å². The highest BCUT2D eigenvalue weighted by Gasteiger charge is 2.33. The Kier molecular flexibility index (Phi) is 5.07. The Hall–Kier alpha value is -1.73. The van der Waals surface area contributed by atoms with Gasteiger partial charge in [-0.1, -0.05) is 0 Å². The summed E-state index contributed by atoms with van der Waals surface area (Å²) < 4.78 is 5.18. The molecule has 5 nitrogen and oxygen atoms in total. The predicted octanol–water partition coefficient (Wildman–Crippen LogP) is 3.08. The van der Waals surface area contributed by atoms with Crippen molar-refractivity contribution in [2.24, 2.45) is 0 Å². The predicted molar refractivity (Wildman–Crippen MR) is 91.5 cm³/mol. The summed E-state index contributed by atoms with van der Waals surface area (Å²) in [5, 5.41) is 4.16. The number of likely N-dealkylation sites (N-methyl/N-ethyl adjacent to an activating group) is 1. The lowest BCUT2D eigenvalue weighted by Crippen LogP contribution is -2.39. The molecule has 1 unspecified atom stereocenters. The van der Waals surface area contributed by atoms with Crippen LogP contribution in [0.2, 0.25) is 0 Å². The zero-order valence-corrected chi connectivity index (χ0v) is 14.4. The van der Waals surface area contributed by atoms with Gasteiger partial charge in [0.25, 0.3) is 5.91 Å². The van der Waals surface area contributed by atoms with Gasteiger partial charge in [-0.25, -0.2) is 0 Å². The van der Waals surface area contributed by atoms with Gasteiger partial charge in [-0.15, -0.1) is 11.8 Å². The smallest absolute Gasteiger partial charge is 0.289 e. The average molecular weight is 350 g/mol. The molecule has 1 aliphatic heterocycles. The van der Waals surface area contributed by atoms with Crippen molar-refractivity contribution in [2.75, 3.05) is 25.4 Å². The minimum absolute atomic E-state index is 0.0613. The van der Waals surface area contributed by atoms with Crippen LogP contribution in [-0.4, -0.2) is 47.0 Å². The highest BCUT2D eigenvalue weighted by molar-refractivity contribution is 8.00. The molecule has 0 bridgehead atoms. The molecule has 2 amide bonds. The molecule has 7 heteroatoms. The fourth-order valence-electron chi connectivity index (χ4n) is 2.58. The number of carbonyl (C=O) groups excluding carboxylic acids is 2. The van der Waals surface area contributed by atoms with E-state index in [2.05, 4.69) is 11.4 Å². The summed E-state index contributed by atoms with van der Waals surface area (Å²) in [6.45, 7) is 3.55. The van der Waals surface area contributed by atoms with Gasteiger partial charge in [-0.3, -0.25) is 9.59 Å². The normalized spacial score (nSPS) is 17.7. The van der Waals surface area contributed by atoms with Crippen LogP contribution in [-0.2, 0) is 4.79 Å². The van der Waals surface area contributed by atoms with Gasteiger partial charge in [0, 0.05) is 19.6 Å². The summed E-state index contributed by atoms with van der Waals surface area (Å²) in [5.41, 5.74) is 1.16. The third kappa shape index (κ3) is 3.45. The first-order chi connectivity index (χ1) is 11.2. The van der Waals surface area contributed by atoms with Crippen LogP contribution in [0.5, 0.6) is 0 Å². The van der Waals surface area contributed by atoms with Gasteiger partial charge in [0.2, 0.25) is 5.91 Å². The third-order valence-electron chi connectivity index (χ3n) is 3.81. The first-order valence-corrected chi connectivity index (χ1v) is 9.45. The van der Waals surface area contributed by atoms with Crippen LogP contribution in [0.25, 0.3) is 0 Å². The summed E-state index contributed by atoms with van der Waals surface area (Å²) in [6.07, 6.45) is 1.49. The van der Waals surface area contributed by atoms with Crippen molar-refractivity contribution in [2.45, 2.75) is 12.3 Å². The summed E-state index contributed by atoms with van der Waals surface area (Å²) >= 11 is 3.28. The standard InChI is InChI=1S/C16H18N2O3S2/c1-2-17(15(20)13-4-3-8-21-13)6-7-18-14(19)11-23-16(18)12-5-9-22-10-12/h3-5,8-10,16H,2,6-7,11H2,1H3. The maximum absolute atomic E-state index is 12.4. The molecule has 0 saturated carbocycles. The molecule has 1 fully saturated rings. The maximum atomic E-state index is 12.4. The Morgan fingerprint density at radius 1 is 1.48 bits per heavy atom. The number of hydrogen-bond donors (Lipinski definition) is 0. The van der Waals surface area contributed by atoms with Crippen LogP contribution in [0.1, 0.15) is 28.4 Å². The highest BCUT2D eigenvalue weighted by atomic mass is 32.2. The van der Waals surface area contributed by atoms with Crippen LogP contribution in [0.4, 0.5) is 0 Å². The summed E-state index contributed by atoms with van der Waals surface area (Å²) in [5.74, 6) is 0.832. The summed E-state index contributed by atoms with van der Waals surface area (Å²) in [6, 6.07) is 5.42. The number of furan rings is 1. The number of thioether (sulfide) groups is 1. The van der Waals surface area contributed by atoms with Gasteiger partial charge in [-0.05, 0) is 41.4 Å². The van der Waals surface area contributed by atoms with E-state index in [9.17, 15) is 9.59 Å². The fourth-order valence-corrected chi connectivity index (χ4v) is 4.55. The van der Waals surface area contributed by atoms with E-state index in [1.54, 1.807) is 40.1 Å². The van der Waals surface area contributed by atoms with E-state index in [-0.39, 0.29) is 17.2 Å². The van der Waals surface area contributed by atoms with E-state index >= 15 is 0 Å². The van der Waals surface area contributed by atoms with E-state index in [1.807, 2.05) is 17.2 Å². The van der Waals surface area contributed by atoms with Gasteiger partial charge < -0.3 is 14.2 Å². The van der Waals surface area contributed by atoms with E-state index in [4.69, 9.17) is 4.42 Å². The van der Waals surface area contributed by atoms with Crippen molar-refractivity contribution in [3.63, 3.8) is 0 Å². The van der Waals surface area contributed by atoms with Crippen molar-refractivity contribution < 1.29 is 14.0 Å². The van der Waals surface area contributed by atoms with Crippen molar-refractivity contribution in [3.8, 4) is 0 Å². The monoisotopic (exact) mass is 350 g/mol. The van der Waals surface area contributed by atoms with Crippen LogP contribution in [0.3, 0.4) is 0 Å². The van der Waals surface area contributed by atoms with Gasteiger partial charge >= 0.3 is 0 Å². The number of hydrogen-bond acceptors (Lipinski definition) is 5. The number of carbonyl (C=O) groups is 2. The molecule has 0 aliphatic carbocycles. The van der Waals surface area contributed by atoms with E-state index in [0.29, 0.717) is 31.1 Å². The average Bonchev–Trinajstić information content (AvgIpc) is 3.29. The molecule has 3 rings (SSSR count). The van der Waals surface area contributed by atoms with Crippen LogP contribution in [0.15, 0.2) is 39.6 Å². The number of thiophene rings is 1. The van der Waals surface area contributed by atoms with Crippen molar-refractivity contribution in [1.29, 1.82) is 0 Å². The molecule has 122 valence electrons. The lowest BCUT2D eigenvalue weighted by Gasteiger charge is -2.27. The molecule has 1 saturated heterocycles. The second kappa shape index (κ2) is 7.23. The Bertz CT molecular complexity index is 655. The van der Waals surface area contributed by atoms with Gasteiger partial charge in [0.1, 0.15) is 5.37 Å². The lowest BCUT2D eigenvalue weighted by atomic mass is 10.3. The quantitative estimate of drug-likeness (QED) is 0.803. The molecule has 0 radical (unpaired) electrons. The second-order valence-electron chi connectivity index (χ2n) is 5.17. The van der Waals surface area contributed by atoms with Crippen molar-refractivity contribution in [1.82, 2.24) is 9.80 Å². The van der Waals surface area contributed by atoms with Gasteiger partial charge in [0.15, 0.2) is 5.76 Å². The van der Waals surface area contributed by atoms with Crippen molar-refractivity contribution in [3.05, 3.63) is 46.5 Å². The summed E-state index contributed by atoms with van der Waals surface area (Å²) in [7, 11) is 0. The molecule has 2 aromatic rings. The minimum atomic E-state index is -0.135. The van der Waals surface area contributed by atoms with E-state index < -0.39 is 0 Å². The Morgan fingerprint density at radius 2 is 2.35 bits per heavy atom. The van der Waals surface area contributed by atoms with Gasteiger partial charge in [-0.2, -0.15) is 11.3 Å². The molecule has 3 heterocycles. The Morgan fingerprint density at radius 3 is 3.00 bits per heavy atom. The van der Waals surface area contributed by atoms with Crippen LogP contribution >= 0.6 is 23.1 Å². The van der Waals surface area contributed by atoms with E-state index in [0.717, 1.165) is 5.56 Å². The first kappa shape index (κ1) is 16.1. The number of amides is 2. The molecule has 23 heavy (non-hydrogen) atoms. The zero-order chi connectivity index (χ0) is 16.2. The fraction of sp³-hybridized carbons (Fsp3) is 0.375. The largest absolute Gasteiger partial charge is 0.459 e. The second-order valence-corrected chi connectivity index (χ2v) is 7.02. The highest BCUT2D eigenvalue weighted by Crippen LogP contribution is 2.39. The van der Waals surface area contributed by atoms with E-state index in [1.165, 1.54) is 6.26 Å². The molecular weight excluding hydrogens is 332 g/mol. The number of nitrogens with zero attached hydrogens (tertiary/aromatic N) is 2. The SMILES string of the molecule is CCN(CCN1C(=O)CSC1c1ccsc1)C(=O)c1ccco1. The molecular formula is C16H18N2O3S2. The molecule has 1 aliphatic rings. The van der Waals surface area contributed by atoms with Crippen LogP contribution in [0, 0.1) is 0 Å². The van der Waals surface area contributed by atoms with Gasteiger partial charge in [0.05, 0.1) is 12.0 Å². The molecule has 2 aromatic heterocycles. The molecule has 0 N–H and O–H groups in total. The topological polar surface area (TPSA) is 53.8 Å².